The fourth-order valence-electron chi connectivity index (χ4n) is 4.53. The molecule has 1 amide bonds. The van der Waals surface area contributed by atoms with Crippen LogP contribution >= 0.6 is 0 Å². The molecule has 1 aliphatic rings. The van der Waals surface area contributed by atoms with Crippen molar-refractivity contribution in [1.82, 2.24) is 9.47 Å². The Bertz CT molecular complexity index is 1340. The molecule has 7 nitrogen and oxygen atoms in total. The van der Waals surface area contributed by atoms with Gasteiger partial charge in [-0.25, -0.2) is 0 Å². The van der Waals surface area contributed by atoms with E-state index in [1.807, 2.05) is 31.1 Å². The number of rotatable bonds is 5. The second-order valence-electron chi connectivity index (χ2n) is 8.99. The summed E-state index contributed by atoms with van der Waals surface area (Å²) >= 11 is 0. The monoisotopic (exact) mass is 503 g/mol. The molecule has 0 aliphatic carbocycles. The Kier molecular flexibility index (Phi) is 6.88. The molecule has 0 bridgehead atoms. The maximum atomic E-state index is 13.6. The van der Waals surface area contributed by atoms with Gasteiger partial charge in [0.05, 0.1) is 36.8 Å². The quantitative estimate of drug-likeness (QED) is 0.514. The number of halogens is 3. The van der Waals surface area contributed by atoms with Gasteiger partial charge in [-0.15, -0.1) is 0 Å². The number of pyridine rings is 1. The number of benzene rings is 2. The van der Waals surface area contributed by atoms with Gasteiger partial charge in [0.25, 0.3) is 11.5 Å². The predicted octanol–water partition coefficient (Wildman–Crippen LogP) is 4.49. The third-order valence-corrected chi connectivity index (χ3v) is 6.62. The van der Waals surface area contributed by atoms with Crippen LogP contribution in [0.25, 0.3) is 16.5 Å². The number of ether oxygens (including phenoxy) is 2. The molecule has 4 rings (SSSR count). The van der Waals surface area contributed by atoms with Gasteiger partial charge < -0.3 is 19.3 Å². The molecular weight excluding hydrogens is 475 g/mol. The Morgan fingerprint density at radius 1 is 1.00 bits per heavy atom. The number of nitrogens with zero attached hydrogens (tertiary/aromatic N) is 3. The maximum absolute atomic E-state index is 13.6. The van der Waals surface area contributed by atoms with Crippen LogP contribution in [-0.4, -0.2) is 63.0 Å². The average molecular weight is 504 g/mol. The minimum atomic E-state index is -4.28. The molecule has 0 saturated carbocycles. The lowest BCUT2D eigenvalue weighted by atomic mass is 9.95. The smallest absolute Gasteiger partial charge is 0.391 e. The first-order chi connectivity index (χ1) is 17.0. The van der Waals surface area contributed by atoms with E-state index in [9.17, 15) is 22.8 Å². The molecule has 0 radical (unpaired) electrons. The van der Waals surface area contributed by atoms with E-state index in [1.54, 1.807) is 18.2 Å². The number of likely N-dealkylation sites (tertiary alicyclic amines) is 1. The lowest BCUT2D eigenvalue weighted by Crippen LogP contribution is -2.42. The van der Waals surface area contributed by atoms with Gasteiger partial charge >= 0.3 is 6.18 Å². The molecule has 36 heavy (non-hydrogen) atoms. The first kappa shape index (κ1) is 25.4. The summed E-state index contributed by atoms with van der Waals surface area (Å²) in [6, 6.07) is 10.3. The maximum Gasteiger partial charge on any atom is 0.391 e. The van der Waals surface area contributed by atoms with Crippen LogP contribution < -0.4 is 19.9 Å². The summed E-state index contributed by atoms with van der Waals surface area (Å²) < 4.78 is 51.6. The van der Waals surface area contributed by atoms with E-state index in [0.717, 1.165) is 5.69 Å². The van der Waals surface area contributed by atoms with Gasteiger partial charge in [-0.2, -0.15) is 13.2 Å². The average Bonchev–Trinajstić information content (AvgIpc) is 2.87. The Labute approximate surface area is 206 Å². The highest BCUT2D eigenvalue weighted by molar-refractivity contribution is 6.07. The molecule has 1 saturated heterocycles. The topological polar surface area (TPSA) is 64.0 Å². The number of amides is 1. The summed E-state index contributed by atoms with van der Waals surface area (Å²) in [5, 5.41) is 0.583. The summed E-state index contributed by atoms with van der Waals surface area (Å²) in [6.45, 7) is -0.0416. The first-order valence-electron chi connectivity index (χ1n) is 11.5. The molecule has 192 valence electrons. The van der Waals surface area contributed by atoms with Crippen LogP contribution in [0.5, 0.6) is 11.5 Å². The molecule has 1 fully saturated rings. The zero-order valence-corrected chi connectivity index (χ0v) is 20.6. The number of carbonyl (C=O) groups is 1. The van der Waals surface area contributed by atoms with Gasteiger partial charge in [0, 0.05) is 44.5 Å². The molecular formula is C26H28F3N3O4. The minimum Gasteiger partial charge on any atom is -0.493 e. The number of fused-ring (bicyclic) bond motifs is 1. The zero-order valence-electron chi connectivity index (χ0n) is 20.6. The van der Waals surface area contributed by atoms with Gasteiger partial charge in [-0.05, 0) is 43.2 Å². The van der Waals surface area contributed by atoms with Crippen LogP contribution in [0.15, 0.2) is 47.4 Å². The van der Waals surface area contributed by atoms with Crippen molar-refractivity contribution in [3.63, 3.8) is 0 Å². The van der Waals surface area contributed by atoms with Crippen LogP contribution in [0, 0.1) is 5.92 Å². The third kappa shape index (κ3) is 4.72. The SMILES string of the molecule is COc1cc2c(C(=O)N3CCC(C(F)(F)F)CC3)cn(-c3cccc(N(C)C)c3)c(=O)c2cc1OC. The minimum absolute atomic E-state index is 0.0208. The summed E-state index contributed by atoms with van der Waals surface area (Å²) in [6.07, 6.45) is -3.14. The van der Waals surface area contributed by atoms with Crippen molar-refractivity contribution in [1.29, 1.82) is 0 Å². The van der Waals surface area contributed by atoms with E-state index >= 15 is 0 Å². The highest BCUT2D eigenvalue weighted by atomic mass is 19.4. The molecule has 0 atom stereocenters. The van der Waals surface area contributed by atoms with E-state index in [1.165, 1.54) is 35.9 Å². The molecule has 0 unspecified atom stereocenters. The van der Waals surface area contributed by atoms with E-state index in [2.05, 4.69) is 0 Å². The summed E-state index contributed by atoms with van der Waals surface area (Å²) in [4.78, 5) is 30.5. The van der Waals surface area contributed by atoms with Crippen molar-refractivity contribution in [3.05, 3.63) is 58.5 Å². The standard InChI is InChI=1S/C26H28F3N3O4/c1-30(2)17-6-5-7-18(12-17)32-15-21(24(33)31-10-8-16(9-11-31)26(27,28)29)19-13-22(35-3)23(36-4)14-20(19)25(32)34/h5-7,12-16H,8-11H2,1-4H3. The molecule has 10 heteroatoms. The van der Waals surface area contributed by atoms with E-state index in [-0.39, 0.29) is 42.4 Å². The van der Waals surface area contributed by atoms with Crippen molar-refractivity contribution in [3.8, 4) is 17.2 Å². The molecule has 2 aromatic carbocycles. The number of anilines is 1. The van der Waals surface area contributed by atoms with Crippen molar-refractivity contribution in [2.75, 3.05) is 46.3 Å². The normalized spacial score (nSPS) is 14.7. The van der Waals surface area contributed by atoms with Crippen molar-refractivity contribution in [2.24, 2.45) is 5.92 Å². The number of aromatic nitrogens is 1. The molecule has 0 spiro atoms. The summed E-state index contributed by atoms with van der Waals surface area (Å²) in [7, 11) is 6.64. The lowest BCUT2D eigenvalue weighted by Gasteiger charge is -2.33. The van der Waals surface area contributed by atoms with E-state index < -0.39 is 18.0 Å². The van der Waals surface area contributed by atoms with Crippen molar-refractivity contribution in [2.45, 2.75) is 19.0 Å². The lowest BCUT2D eigenvalue weighted by molar-refractivity contribution is -0.183. The van der Waals surface area contributed by atoms with Crippen LogP contribution in [0.1, 0.15) is 23.2 Å². The Morgan fingerprint density at radius 3 is 2.17 bits per heavy atom. The van der Waals surface area contributed by atoms with Crippen LogP contribution in [0.3, 0.4) is 0 Å². The van der Waals surface area contributed by atoms with Crippen LogP contribution in [0.2, 0.25) is 0 Å². The molecule has 3 aromatic rings. The third-order valence-electron chi connectivity index (χ3n) is 6.62. The number of piperidine rings is 1. The Hall–Kier alpha value is -3.69. The number of methoxy groups -OCH3 is 2. The van der Waals surface area contributed by atoms with Crippen molar-refractivity contribution >= 4 is 22.4 Å². The van der Waals surface area contributed by atoms with Crippen LogP contribution in [-0.2, 0) is 0 Å². The van der Waals surface area contributed by atoms with Crippen molar-refractivity contribution < 1.29 is 27.4 Å². The second-order valence-corrected chi connectivity index (χ2v) is 8.99. The fraction of sp³-hybridized carbons (Fsp3) is 0.385. The molecule has 0 N–H and O–H groups in total. The fourth-order valence-corrected chi connectivity index (χ4v) is 4.53. The molecule has 1 aromatic heterocycles. The highest BCUT2D eigenvalue weighted by Crippen LogP contribution is 2.36. The largest absolute Gasteiger partial charge is 0.493 e. The number of hydrogen-bond acceptors (Lipinski definition) is 5. The Balaban J connectivity index is 1.87. The number of carbonyl (C=O) groups excluding carboxylic acids is 1. The van der Waals surface area contributed by atoms with Gasteiger partial charge in [-0.3, -0.25) is 14.2 Å². The zero-order chi connectivity index (χ0) is 26.2. The highest BCUT2D eigenvalue weighted by Gasteiger charge is 2.42. The second kappa shape index (κ2) is 9.75. The first-order valence-corrected chi connectivity index (χ1v) is 11.5. The van der Waals surface area contributed by atoms with E-state index in [0.29, 0.717) is 22.6 Å². The number of hydrogen-bond donors (Lipinski definition) is 0. The van der Waals surface area contributed by atoms with Gasteiger partial charge in [0.1, 0.15) is 0 Å². The molecule has 2 heterocycles. The predicted molar refractivity (Wildman–Crippen MR) is 132 cm³/mol. The van der Waals surface area contributed by atoms with E-state index in [4.69, 9.17) is 9.47 Å². The molecule has 1 aliphatic heterocycles. The van der Waals surface area contributed by atoms with Gasteiger partial charge in [0.2, 0.25) is 0 Å². The van der Waals surface area contributed by atoms with Crippen LogP contribution in [0.4, 0.5) is 18.9 Å². The number of alkyl halides is 3. The summed E-state index contributed by atoms with van der Waals surface area (Å²) in [5.74, 6) is -1.20. The summed E-state index contributed by atoms with van der Waals surface area (Å²) in [5.41, 5.74) is 1.24. The van der Waals surface area contributed by atoms with Gasteiger partial charge in [-0.1, -0.05) is 6.07 Å². The van der Waals surface area contributed by atoms with Gasteiger partial charge in [0.15, 0.2) is 11.5 Å². The Morgan fingerprint density at radius 2 is 1.61 bits per heavy atom.